The fourth-order valence-electron chi connectivity index (χ4n) is 4.22. The average Bonchev–Trinajstić information content (AvgIpc) is 3.07. The van der Waals surface area contributed by atoms with Crippen molar-refractivity contribution in [3.05, 3.63) is 40.0 Å². The lowest BCUT2D eigenvalue weighted by Crippen LogP contribution is -2.34. The molecule has 0 spiro atoms. The van der Waals surface area contributed by atoms with E-state index < -0.39 is 39.9 Å². The summed E-state index contributed by atoms with van der Waals surface area (Å²) in [5.74, 6) is -2.06. The van der Waals surface area contributed by atoms with E-state index in [9.17, 15) is 18.3 Å². The van der Waals surface area contributed by atoms with Crippen molar-refractivity contribution in [2.45, 2.75) is 33.2 Å². The van der Waals surface area contributed by atoms with Crippen LogP contribution in [0.2, 0.25) is 0 Å². The molecule has 1 aromatic carbocycles. The third-order valence-corrected chi connectivity index (χ3v) is 7.28. The molecule has 2 aromatic rings. The summed E-state index contributed by atoms with van der Waals surface area (Å²) >= 11 is 0. The lowest BCUT2D eigenvalue weighted by Gasteiger charge is -2.30. The van der Waals surface area contributed by atoms with Gasteiger partial charge in [-0.1, -0.05) is 0 Å². The summed E-state index contributed by atoms with van der Waals surface area (Å²) in [4.78, 5) is 13.6. The summed E-state index contributed by atoms with van der Waals surface area (Å²) in [6.45, 7) is 5.11. The SMILES string of the molecule is Cc1nn(C)c(C)c1CCN1CCc2cc(O)c(N3CC(=O)NS3(=O)=O)c(F)c2C1. The van der Waals surface area contributed by atoms with Crippen molar-refractivity contribution in [1.29, 1.82) is 0 Å². The minimum atomic E-state index is -4.22. The maximum absolute atomic E-state index is 15.4. The van der Waals surface area contributed by atoms with Gasteiger partial charge in [-0.2, -0.15) is 13.5 Å². The van der Waals surface area contributed by atoms with Crippen LogP contribution in [0.4, 0.5) is 10.1 Å². The van der Waals surface area contributed by atoms with Gasteiger partial charge in [0, 0.05) is 37.9 Å². The molecule has 2 aliphatic heterocycles. The zero-order chi connectivity index (χ0) is 21.8. The van der Waals surface area contributed by atoms with E-state index >= 15 is 4.39 Å². The third-order valence-electron chi connectivity index (χ3n) is 5.90. The van der Waals surface area contributed by atoms with Crippen LogP contribution in [0.5, 0.6) is 5.75 Å². The van der Waals surface area contributed by atoms with Crippen molar-refractivity contribution in [3.8, 4) is 5.75 Å². The molecular weight excluding hydrogens is 413 g/mol. The zero-order valence-electron chi connectivity index (χ0n) is 17.1. The van der Waals surface area contributed by atoms with E-state index in [0.29, 0.717) is 41.5 Å². The summed E-state index contributed by atoms with van der Waals surface area (Å²) in [5, 5.41) is 14.7. The van der Waals surface area contributed by atoms with E-state index in [-0.39, 0.29) is 0 Å². The Balaban J connectivity index is 1.59. The maximum atomic E-state index is 15.4. The molecule has 0 saturated carbocycles. The number of aromatic nitrogens is 2. The monoisotopic (exact) mass is 437 g/mol. The number of phenolic OH excluding ortho intramolecular Hbond substituents is 1. The second-order valence-electron chi connectivity index (χ2n) is 7.78. The minimum absolute atomic E-state index is 0.294. The van der Waals surface area contributed by atoms with Crippen molar-refractivity contribution >= 4 is 21.8 Å². The van der Waals surface area contributed by atoms with Gasteiger partial charge in [-0.3, -0.25) is 14.4 Å². The van der Waals surface area contributed by atoms with Crippen LogP contribution >= 0.6 is 0 Å². The van der Waals surface area contributed by atoms with Gasteiger partial charge in [0.25, 0.3) is 5.91 Å². The van der Waals surface area contributed by atoms with Crippen LogP contribution < -0.4 is 9.03 Å². The number of hydrogen-bond donors (Lipinski definition) is 2. The van der Waals surface area contributed by atoms with Crippen molar-refractivity contribution in [1.82, 2.24) is 19.4 Å². The standard InChI is InChI=1S/C19H24FN5O4S/c1-11-14(12(2)23(3)21-11)5-7-24-6-4-13-8-16(26)19(18(20)15(13)9-24)25-10-17(27)22-30(25,28)29/h8,26H,4-7,9-10H2,1-3H3,(H,22,27). The predicted octanol–water partition coefficient (Wildman–Crippen LogP) is 0.663. The quantitative estimate of drug-likeness (QED) is 0.728. The summed E-state index contributed by atoms with van der Waals surface area (Å²) in [6, 6.07) is 1.40. The van der Waals surface area contributed by atoms with Gasteiger partial charge >= 0.3 is 10.2 Å². The topological polar surface area (TPSA) is 108 Å². The van der Waals surface area contributed by atoms with Gasteiger partial charge in [-0.05, 0) is 43.9 Å². The fraction of sp³-hybridized carbons (Fsp3) is 0.474. The number of anilines is 1. The molecule has 2 N–H and O–H groups in total. The van der Waals surface area contributed by atoms with E-state index in [4.69, 9.17) is 0 Å². The van der Waals surface area contributed by atoms with Crippen LogP contribution in [-0.4, -0.2) is 53.7 Å². The zero-order valence-corrected chi connectivity index (χ0v) is 17.9. The van der Waals surface area contributed by atoms with Crippen molar-refractivity contribution < 1.29 is 22.7 Å². The summed E-state index contributed by atoms with van der Waals surface area (Å²) < 4.78 is 43.9. The van der Waals surface area contributed by atoms with Crippen LogP contribution in [0.15, 0.2) is 6.07 Å². The Morgan fingerprint density at radius 1 is 1.30 bits per heavy atom. The minimum Gasteiger partial charge on any atom is -0.506 e. The number of fused-ring (bicyclic) bond motifs is 1. The van der Waals surface area contributed by atoms with Crippen LogP contribution in [0.1, 0.15) is 28.1 Å². The molecule has 0 atom stereocenters. The molecule has 1 saturated heterocycles. The number of phenols is 1. The summed E-state index contributed by atoms with van der Waals surface area (Å²) in [6.07, 6.45) is 1.31. The number of aryl methyl sites for hydroxylation is 2. The molecule has 0 aliphatic carbocycles. The number of hydrogen-bond acceptors (Lipinski definition) is 6. The Morgan fingerprint density at radius 3 is 2.63 bits per heavy atom. The van der Waals surface area contributed by atoms with E-state index in [1.807, 2.05) is 25.6 Å². The first-order chi connectivity index (χ1) is 14.1. The maximum Gasteiger partial charge on any atom is 0.326 e. The van der Waals surface area contributed by atoms with Gasteiger partial charge < -0.3 is 5.11 Å². The Hall–Kier alpha value is -2.66. The lowest BCUT2D eigenvalue weighted by atomic mass is 9.97. The second-order valence-corrected chi connectivity index (χ2v) is 9.38. The van der Waals surface area contributed by atoms with Gasteiger partial charge in [0.05, 0.1) is 5.69 Å². The highest BCUT2D eigenvalue weighted by Gasteiger charge is 2.39. The van der Waals surface area contributed by atoms with Crippen LogP contribution in [0.25, 0.3) is 0 Å². The van der Waals surface area contributed by atoms with Gasteiger partial charge in [0.1, 0.15) is 18.0 Å². The lowest BCUT2D eigenvalue weighted by molar-refractivity contribution is -0.117. The average molecular weight is 437 g/mol. The number of aromatic hydroxyl groups is 1. The summed E-state index contributed by atoms with van der Waals surface area (Å²) in [5.41, 5.74) is 3.76. The molecule has 0 unspecified atom stereocenters. The highest BCUT2D eigenvalue weighted by atomic mass is 32.2. The normalized spacial score (nSPS) is 18.5. The number of benzene rings is 1. The van der Waals surface area contributed by atoms with Crippen molar-refractivity contribution in [2.75, 3.05) is 23.9 Å². The van der Waals surface area contributed by atoms with E-state index in [0.717, 1.165) is 17.8 Å². The third kappa shape index (κ3) is 3.41. The largest absolute Gasteiger partial charge is 0.506 e. The molecule has 4 rings (SSSR count). The molecule has 30 heavy (non-hydrogen) atoms. The van der Waals surface area contributed by atoms with Gasteiger partial charge in [-0.25, -0.2) is 13.4 Å². The molecule has 1 fully saturated rings. The predicted molar refractivity (Wildman–Crippen MR) is 108 cm³/mol. The number of carbonyl (C=O) groups excluding carboxylic acids is 1. The van der Waals surface area contributed by atoms with Crippen LogP contribution in [0, 0.1) is 19.7 Å². The Kier molecular flexibility index (Phi) is 4.97. The van der Waals surface area contributed by atoms with E-state index in [2.05, 4.69) is 10.00 Å². The van der Waals surface area contributed by atoms with Gasteiger partial charge in [0.2, 0.25) is 0 Å². The second kappa shape index (κ2) is 7.24. The van der Waals surface area contributed by atoms with E-state index in [1.54, 1.807) is 4.72 Å². The molecule has 0 radical (unpaired) electrons. The molecule has 0 bridgehead atoms. The Labute approximate surface area is 174 Å². The first-order valence-corrected chi connectivity index (χ1v) is 11.1. The number of nitrogens with one attached hydrogen (secondary N) is 1. The van der Waals surface area contributed by atoms with Crippen molar-refractivity contribution in [3.63, 3.8) is 0 Å². The number of halogens is 1. The molecule has 9 nitrogen and oxygen atoms in total. The number of nitrogens with zero attached hydrogens (tertiary/aromatic N) is 4. The van der Waals surface area contributed by atoms with Gasteiger partial charge in [-0.15, -0.1) is 0 Å². The first kappa shape index (κ1) is 20.6. The summed E-state index contributed by atoms with van der Waals surface area (Å²) in [7, 11) is -2.32. The van der Waals surface area contributed by atoms with E-state index in [1.165, 1.54) is 11.6 Å². The fourth-order valence-corrected chi connectivity index (χ4v) is 5.38. The Bertz CT molecular complexity index is 1140. The molecule has 3 heterocycles. The Morgan fingerprint density at radius 2 is 2.03 bits per heavy atom. The molecule has 1 aromatic heterocycles. The highest BCUT2D eigenvalue weighted by Crippen LogP contribution is 2.39. The first-order valence-electron chi connectivity index (χ1n) is 9.66. The number of rotatable bonds is 4. The molecule has 1 amide bonds. The molecule has 2 aliphatic rings. The number of amides is 1. The van der Waals surface area contributed by atoms with Crippen LogP contribution in [-0.2, 0) is 41.4 Å². The van der Waals surface area contributed by atoms with Gasteiger partial charge in [0.15, 0.2) is 5.82 Å². The van der Waals surface area contributed by atoms with Crippen LogP contribution in [0.3, 0.4) is 0 Å². The molecular formula is C19H24FN5O4S. The highest BCUT2D eigenvalue weighted by molar-refractivity contribution is 7.92. The molecule has 11 heteroatoms. The smallest absolute Gasteiger partial charge is 0.326 e. The molecule has 162 valence electrons. The number of carbonyl (C=O) groups is 1. The van der Waals surface area contributed by atoms with Crippen molar-refractivity contribution in [2.24, 2.45) is 7.05 Å².